The van der Waals surface area contributed by atoms with E-state index in [0.717, 1.165) is 18.2 Å². The van der Waals surface area contributed by atoms with Crippen molar-refractivity contribution in [2.45, 2.75) is 18.7 Å². The highest BCUT2D eigenvalue weighted by Gasteiger charge is 2.21. The van der Waals surface area contributed by atoms with Crippen molar-refractivity contribution in [3.63, 3.8) is 0 Å². The van der Waals surface area contributed by atoms with Crippen LogP contribution in [0.25, 0.3) is 6.08 Å². The fraction of sp³-hybridized carbons (Fsp3) is 0.211. The molecule has 0 aliphatic carbocycles. The van der Waals surface area contributed by atoms with E-state index in [1.54, 1.807) is 13.8 Å². The smallest absolute Gasteiger partial charge is 0.243 e. The third-order valence-corrected chi connectivity index (χ3v) is 5.92. The Labute approximate surface area is 151 Å². The van der Waals surface area contributed by atoms with Crippen LogP contribution in [0.15, 0.2) is 53.4 Å². The monoisotopic (exact) mass is 379 g/mol. The van der Waals surface area contributed by atoms with Gasteiger partial charge in [0.25, 0.3) is 0 Å². The van der Waals surface area contributed by atoms with E-state index in [-0.39, 0.29) is 16.0 Å². The average Bonchev–Trinajstić information content (AvgIpc) is 2.61. The van der Waals surface area contributed by atoms with Crippen molar-refractivity contribution in [1.82, 2.24) is 4.31 Å². The standard InChI is InChI=1S/C19H19F2NO3S/c1-3-22(4-2)26(24,25)17-10-6-15(7-11-17)19(23)12-8-14-5-9-16(20)13-18(14)21/h5-13H,3-4H2,1-2H3/b12-8+. The van der Waals surface area contributed by atoms with Gasteiger partial charge in [-0.3, -0.25) is 4.79 Å². The lowest BCUT2D eigenvalue weighted by Crippen LogP contribution is -2.30. The van der Waals surface area contributed by atoms with Crippen LogP contribution >= 0.6 is 0 Å². The largest absolute Gasteiger partial charge is 0.289 e. The molecule has 0 saturated heterocycles. The summed E-state index contributed by atoms with van der Waals surface area (Å²) in [7, 11) is -3.59. The number of rotatable bonds is 7. The molecule has 0 N–H and O–H groups in total. The molecule has 138 valence electrons. The van der Waals surface area contributed by atoms with Crippen molar-refractivity contribution in [1.29, 1.82) is 0 Å². The van der Waals surface area contributed by atoms with Gasteiger partial charge in [-0.05, 0) is 48.6 Å². The van der Waals surface area contributed by atoms with Crippen LogP contribution in [0.1, 0.15) is 29.8 Å². The van der Waals surface area contributed by atoms with Gasteiger partial charge >= 0.3 is 0 Å². The van der Waals surface area contributed by atoms with Crippen LogP contribution in [0.2, 0.25) is 0 Å². The van der Waals surface area contributed by atoms with Gasteiger partial charge in [-0.25, -0.2) is 17.2 Å². The number of benzene rings is 2. The first-order valence-corrected chi connectivity index (χ1v) is 9.51. The van der Waals surface area contributed by atoms with Gasteiger partial charge in [-0.1, -0.05) is 13.8 Å². The lowest BCUT2D eigenvalue weighted by Gasteiger charge is -2.18. The number of hydrogen-bond donors (Lipinski definition) is 0. The quantitative estimate of drug-likeness (QED) is 0.542. The summed E-state index contributed by atoms with van der Waals surface area (Å²) in [6.45, 7) is 4.20. The van der Waals surface area contributed by atoms with Crippen LogP contribution in [-0.4, -0.2) is 31.6 Å². The van der Waals surface area contributed by atoms with Gasteiger partial charge in [0.1, 0.15) is 11.6 Å². The third kappa shape index (κ3) is 4.42. The van der Waals surface area contributed by atoms with Gasteiger partial charge in [-0.15, -0.1) is 0 Å². The molecular formula is C19H19F2NO3S. The molecule has 4 nitrogen and oxygen atoms in total. The summed E-state index contributed by atoms with van der Waals surface area (Å²) >= 11 is 0. The van der Waals surface area contributed by atoms with E-state index < -0.39 is 27.4 Å². The van der Waals surface area contributed by atoms with E-state index in [1.165, 1.54) is 40.7 Å². The van der Waals surface area contributed by atoms with E-state index in [4.69, 9.17) is 0 Å². The molecule has 0 fully saturated rings. The molecule has 0 amide bonds. The van der Waals surface area contributed by atoms with Gasteiger partial charge in [0.15, 0.2) is 5.78 Å². The van der Waals surface area contributed by atoms with Crippen LogP contribution in [0.4, 0.5) is 8.78 Å². The summed E-state index contributed by atoms with van der Waals surface area (Å²) in [6, 6.07) is 8.61. The first kappa shape index (κ1) is 19.9. The zero-order chi connectivity index (χ0) is 19.3. The Hall–Kier alpha value is -2.38. The molecule has 0 heterocycles. The second kappa shape index (κ2) is 8.33. The zero-order valence-electron chi connectivity index (χ0n) is 14.4. The molecule has 0 aliphatic heterocycles. The second-order valence-corrected chi connectivity index (χ2v) is 7.42. The molecule has 0 unspecified atom stereocenters. The zero-order valence-corrected chi connectivity index (χ0v) is 15.3. The molecule has 7 heteroatoms. The maximum atomic E-state index is 13.6. The molecule has 26 heavy (non-hydrogen) atoms. The maximum absolute atomic E-state index is 13.6. The van der Waals surface area contributed by atoms with Gasteiger partial charge in [0.05, 0.1) is 4.90 Å². The molecule has 2 rings (SSSR count). The fourth-order valence-corrected chi connectivity index (χ4v) is 3.86. The summed E-state index contributed by atoms with van der Waals surface area (Å²) < 4.78 is 52.6. The number of sulfonamides is 1. The van der Waals surface area contributed by atoms with Gasteiger partial charge in [0.2, 0.25) is 10.0 Å². The molecular weight excluding hydrogens is 360 g/mol. The Morgan fingerprint density at radius 2 is 1.65 bits per heavy atom. The second-order valence-electron chi connectivity index (χ2n) is 5.48. The van der Waals surface area contributed by atoms with Crippen molar-refractivity contribution in [2.24, 2.45) is 0 Å². The van der Waals surface area contributed by atoms with E-state index >= 15 is 0 Å². The molecule has 0 aliphatic rings. The van der Waals surface area contributed by atoms with E-state index in [0.29, 0.717) is 13.1 Å². The Morgan fingerprint density at radius 1 is 1.04 bits per heavy atom. The number of nitrogens with zero attached hydrogens (tertiary/aromatic N) is 1. The van der Waals surface area contributed by atoms with Gasteiger partial charge < -0.3 is 0 Å². The predicted octanol–water partition coefficient (Wildman–Crippen LogP) is 3.89. The van der Waals surface area contributed by atoms with Crippen LogP contribution in [0, 0.1) is 11.6 Å². The number of ketones is 1. The molecule has 2 aromatic rings. The number of carbonyl (C=O) groups excluding carboxylic acids is 1. The first-order valence-electron chi connectivity index (χ1n) is 8.07. The average molecular weight is 379 g/mol. The third-order valence-electron chi connectivity index (χ3n) is 3.86. The van der Waals surface area contributed by atoms with Crippen molar-refractivity contribution in [3.05, 3.63) is 71.3 Å². The molecule has 2 aromatic carbocycles. The highest BCUT2D eigenvalue weighted by atomic mass is 32.2. The highest BCUT2D eigenvalue weighted by molar-refractivity contribution is 7.89. The molecule has 0 saturated carbocycles. The van der Waals surface area contributed by atoms with Gasteiger partial charge in [0, 0.05) is 30.3 Å². The van der Waals surface area contributed by atoms with Crippen molar-refractivity contribution in [2.75, 3.05) is 13.1 Å². The molecule has 0 bridgehead atoms. The fourth-order valence-electron chi connectivity index (χ4n) is 2.40. The minimum absolute atomic E-state index is 0.0838. The number of carbonyl (C=O) groups is 1. The van der Waals surface area contributed by atoms with E-state index in [9.17, 15) is 22.0 Å². The predicted molar refractivity (Wildman–Crippen MR) is 96.3 cm³/mol. The lowest BCUT2D eigenvalue weighted by atomic mass is 10.1. The normalized spacial score (nSPS) is 12.0. The summed E-state index contributed by atoms with van der Waals surface area (Å²) in [5, 5.41) is 0. The summed E-state index contributed by atoms with van der Waals surface area (Å²) in [6.07, 6.45) is 2.40. The Balaban J connectivity index is 2.20. The van der Waals surface area contributed by atoms with Crippen LogP contribution in [-0.2, 0) is 10.0 Å². The molecule has 0 aromatic heterocycles. The van der Waals surface area contributed by atoms with Crippen LogP contribution in [0.3, 0.4) is 0 Å². The van der Waals surface area contributed by atoms with Crippen molar-refractivity contribution >= 4 is 21.9 Å². The Morgan fingerprint density at radius 3 is 2.19 bits per heavy atom. The first-order chi connectivity index (χ1) is 12.3. The number of hydrogen-bond acceptors (Lipinski definition) is 3. The van der Waals surface area contributed by atoms with E-state index in [2.05, 4.69) is 0 Å². The number of halogens is 2. The minimum Gasteiger partial charge on any atom is -0.289 e. The summed E-state index contributed by atoms with van der Waals surface area (Å²) in [5.74, 6) is -1.88. The minimum atomic E-state index is -3.59. The van der Waals surface area contributed by atoms with Crippen LogP contribution in [0.5, 0.6) is 0 Å². The maximum Gasteiger partial charge on any atom is 0.243 e. The summed E-state index contributed by atoms with van der Waals surface area (Å²) in [5.41, 5.74) is 0.350. The molecule has 0 radical (unpaired) electrons. The molecule has 0 atom stereocenters. The summed E-state index contributed by atoms with van der Waals surface area (Å²) in [4.78, 5) is 12.3. The van der Waals surface area contributed by atoms with Crippen LogP contribution < -0.4 is 0 Å². The Bertz CT molecular complexity index is 918. The molecule has 0 spiro atoms. The topological polar surface area (TPSA) is 54.5 Å². The van der Waals surface area contributed by atoms with Crippen molar-refractivity contribution in [3.8, 4) is 0 Å². The Kier molecular flexibility index (Phi) is 6.39. The highest BCUT2D eigenvalue weighted by Crippen LogP contribution is 2.17. The lowest BCUT2D eigenvalue weighted by molar-refractivity contribution is 0.104. The van der Waals surface area contributed by atoms with Gasteiger partial charge in [-0.2, -0.15) is 4.31 Å². The number of allylic oxidation sites excluding steroid dienone is 1. The SMILES string of the molecule is CCN(CC)S(=O)(=O)c1ccc(C(=O)/C=C/c2ccc(F)cc2F)cc1. The van der Waals surface area contributed by atoms with E-state index in [1.807, 2.05) is 0 Å². The van der Waals surface area contributed by atoms with Crippen molar-refractivity contribution < 1.29 is 22.0 Å².